The molecule has 0 saturated carbocycles. The van der Waals surface area contributed by atoms with Crippen molar-refractivity contribution in [1.29, 1.82) is 0 Å². The third-order valence-corrected chi connectivity index (χ3v) is 3.56. The molecular weight excluding hydrogens is 284 g/mol. The van der Waals surface area contributed by atoms with Gasteiger partial charge in [-0.05, 0) is 12.1 Å². The molecule has 0 aliphatic carbocycles. The van der Waals surface area contributed by atoms with E-state index in [4.69, 9.17) is 9.26 Å². The Balaban J connectivity index is 1.65. The number of anilines is 1. The Kier molecular flexibility index (Phi) is 3.95. The van der Waals surface area contributed by atoms with E-state index in [1.165, 1.54) is 6.26 Å². The molecule has 0 aromatic carbocycles. The van der Waals surface area contributed by atoms with Crippen LogP contribution in [0.25, 0.3) is 0 Å². The van der Waals surface area contributed by atoms with Crippen molar-refractivity contribution in [3.63, 3.8) is 0 Å². The topological polar surface area (TPSA) is 71.7 Å². The predicted molar refractivity (Wildman–Crippen MR) is 80.0 cm³/mol. The molecule has 0 radical (unpaired) electrons. The van der Waals surface area contributed by atoms with Crippen molar-refractivity contribution >= 4 is 11.7 Å². The molecule has 1 amide bonds. The van der Waals surface area contributed by atoms with Gasteiger partial charge in [0, 0.05) is 39.3 Å². The number of hydrogen-bond donors (Lipinski definition) is 0. The molecule has 1 aliphatic rings. The van der Waals surface area contributed by atoms with Crippen LogP contribution < -0.4 is 9.64 Å². The van der Waals surface area contributed by atoms with Crippen LogP contribution in [0, 0.1) is 0 Å². The lowest BCUT2D eigenvalue weighted by molar-refractivity contribution is 0.0762. The Morgan fingerprint density at radius 2 is 2.32 bits per heavy atom. The van der Waals surface area contributed by atoms with Gasteiger partial charge in [-0.15, -0.1) is 0 Å². The van der Waals surface area contributed by atoms with Crippen LogP contribution in [0.4, 0.5) is 5.82 Å². The van der Waals surface area contributed by atoms with Gasteiger partial charge in [0.1, 0.15) is 12.4 Å². The number of aromatic nitrogens is 2. The average molecular weight is 302 g/mol. The van der Waals surface area contributed by atoms with E-state index in [-0.39, 0.29) is 12.0 Å². The smallest absolute Gasteiger partial charge is 0.276 e. The number of nitrogens with zero attached hydrogens (tertiary/aromatic N) is 4. The largest absolute Gasteiger partial charge is 0.485 e. The van der Waals surface area contributed by atoms with Crippen LogP contribution >= 0.6 is 0 Å². The van der Waals surface area contributed by atoms with Crippen molar-refractivity contribution in [3.8, 4) is 5.75 Å². The van der Waals surface area contributed by atoms with Gasteiger partial charge < -0.3 is 19.1 Å². The van der Waals surface area contributed by atoms with Crippen molar-refractivity contribution in [3.05, 3.63) is 36.4 Å². The van der Waals surface area contributed by atoms with Crippen LogP contribution in [0.2, 0.25) is 0 Å². The number of ether oxygens (including phenoxy) is 1. The Morgan fingerprint density at radius 1 is 1.45 bits per heavy atom. The Labute approximate surface area is 128 Å². The highest BCUT2D eigenvalue weighted by Crippen LogP contribution is 2.26. The number of amides is 1. The van der Waals surface area contributed by atoms with Gasteiger partial charge >= 0.3 is 0 Å². The van der Waals surface area contributed by atoms with E-state index in [1.54, 1.807) is 17.2 Å². The SMILES string of the molecule is CN(C)c1ncccc1O[C@H]1CCN(C(=O)c2ccon2)C1. The van der Waals surface area contributed by atoms with Crippen molar-refractivity contribution in [2.45, 2.75) is 12.5 Å². The van der Waals surface area contributed by atoms with Gasteiger partial charge in [0.2, 0.25) is 0 Å². The van der Waals surface area contributed by atoms with Crippen LogP contribution in [0.1, 0.15) is 16.9 Å². The van der Waals surface area contributed by atoms with E-state index in [0.29, 0.717) is 18.8 Å². The minimum Gasteiger partial charge on any atom is -0.485 e. The summed E-state index contributed by atoms with van der Waals surface area (Å²) in [5.41, 5.74) is 0.330. The Bertz CT molecular complexity index is 642. The zero-order chi connectivity index (χ0) is 15.5. The molecular formula is C15H18N4O3. The summed E-state index contributed by atoms with van der Waals surface area (Å²) in [6, 6.07) is 5.31. The van der Waals surface area contributed by atoms with E-state index in [1.807, 2.05) is 31.1 Å². The fourth-order valence-electron chi connectivity index (χ4n) is 2.48. The fraction of sp³-hybridized carbons (Fsp3) is 0.400. The van der Waals surface area contributed by atoms with E-state index >= 15 is 0 Å². The molecule has 3 heterocycles. The number of carbonyl (C=O) groups is 1. The Morgan fingerprint density at radius 3 is 3.05 bits per heavy atom. The highest BCUT2D eigenvalue weighted by molar-refractivity contribution is 5.92. The van der Waals surface area contributed by atoms with Crippen LogP contribution in [-0.4, -0.2) is 54.2 Å². The summed E-state index contributed by atoms with van der Waals surface area (Å²) in [6.45, 7) is 1.18. The highest BCUT2D eigenvalue weighted by Gasteiger charge is 2.30. The first kappa shape index (κ1) is 14.4. The number of carbonyl (C=O) groups excluding carboxylic acids is 1. The highest BCUT2D eigenvalue weighted by atomic mass is 16.5. The summed E-state index contributed by atoms with van der Waals surface area (Å²) in [7, 11) is 3.84. The van der Waals surface area contributed by atoms with Crippen LogP contribution in [-0.2, 0) is 0 Å². The molecule has 0 unspecified atom stereocenters. The van der Waals surface area contributed by atoms with Crippen LogP contribution in [0.3, 0.4) is 0 Å². The van der Waals surface area contributed by atoms with Crippen LogP contribution in [0.15, 0.2) is 35.2 Å². The third kappa shape index (κ3) is 2.88. The van der Waals surface area contributed by atoms with Crippen molar-refractivity contribution in [2.75, 3.05) is 32.1 Å². The predicted octanol–water partition coefficient (Wildman–Crippen LogP) is 1.43. The molecule has 2 aromatic heterocycles. The molecule has 22 heavy (non-hydrogen) atoms. The van der Waals surface area contributed by atoms with Gasteiger partial charge in [-0.3, -0.25) is 4.79 Å². The lowest BCUT2D eigenvalue weighted by Gasteiger charge is -2.20. The molecule has 3 rings (SSSR count). The first-order valence-electron chi connectivity index (χ1n) is 7.14. The summed E-state index contributed by atoms with van der Waals surface area (Å²) in [6.07, 6.45) is 3.87. The molecule has 0 bridgehead atoms. The summed E-state index contributed by atoms with van der Waals surface area (Å²) >= 11 is 0. The van der Waals surface area contributed by atoms with E-state index < -0.39 is 0 Å². The average Bonchev–Trinajstić information content (AvgIpc) is 3.18. The third-order valence-electron chi connectivity index (χ3n) is 3.56. The molecule has 1 saturated heterocycles. The van der Waals surface area contributed by atoms with E-state index in [0.717, 1.165) is 18.0 Å². The van der Waals surface area contributed by atoms with Gasteiger partial charge in [0.05, 0.1) is 6.54 Å². The summed E-state index contributed by atoms with van der Waals surface area (Å²) in [5, 5.41) is 3.68. The number of hydrogen-bond acceptors (Lipinski definition) is 6. The summed E-state index contributed by atoms with van der Waals surface area (Å²) in [4.78, 5) is 20.2. The van der Waals surface area contributed by atoms with Crippen LogP contribution in [0.5, 0.6) is 5.75 Å². The van der Waals surface area contributed by atoms with Crippen molar-refractivity contribution < 1.29 is 14.1 Å². The Hall–Kier alpha value is -2.57. The van der Waals surface area contributed by atoms with Gasteiger partial charge in [0.15, 0.2) is 17.3 Å². The zero-order valence-corrected chi connectivity index (χ0v) is 12.6. The van der Waals surface area contributed by atoms with Gasteiger partial charge in [-0.2, -0.15) is 0 Å². The normalized spacial score (nSPS) is 17.5. The second-order valence-electron chi connectivity index (χ2n) is 5.38. The lowest BCUT2D eigenvalue weighted by Crippen LogP contribution is -2.31. The number of pyridine rings is 1. The molecule has 2 aromatic rings. The second-order valence-corrected chi connectivity index (χ2v) is 5.38. The maximum absolute atomic E-state index is 12.2. The van der Waals surface area contributed by atoms with E-state index in [9.17, 15) is 4.79 Å². The lowest BCUT2D eigenvalue weighted by atomic mass is 10.3. The van der Waals surface area contributed by atoms with Gasteiger partial charge in [-0.1, -0.05) is 5.16 Å². The summed E-state index contributed by atoms with van der Waals surface area (Å²) in [5.74, 6) is 1.39. The quantitative estimate of drug-likeness (QED) is 0.851. The molecule has 1 fully saturated rings. The molecule has 7 heteroatoms. The summed E-state index contributed by atoms with van der Waals surface area (Å²) < 4.78 is 10.7. The van der Waals surface area contributed by atoms with Crippen molar-refractivity contribution in [2.24, 2.45) is 0 Å². The minimum atomic E-state index is -0.126. The molecule has 0 spiro atoms. The standard InChI is InChI=1S/C15H18N4O3/c1-18(2)14-13(4-3-7-16-14)22-11-5-8-19(10-11)15(20)12-6-9-21-17-12/h3-4,6-7,9,11H,5,8,10H2,1-2H3/t11-/m0/s1. The first-order valence-corrected chi connectivity index (χ1v) is 7.14. The molecule has 116 valence electrons. The maximum Gasteiger partial charge on any atom is 0.276 e. The van der Waals surface area contributed by atoms with E-state index in [2.05, 4.69) is 10.1 Å². The first-order chi connectivity index (χ1) is 10.6. The number of likely N-dealkylation sites (tertiary alicyclic amines) is 1. The molecule has 1 atom stereocenters. The number of rotatable bonds is 4. The molecule has 7 nitrogen and oxygen atoms in total. The fourth-order valence-corrected chi connectivity index (χ4v) is 2.48. The van der Waals surface area contributed by atoms with Gasteiger partial charge in [-0.25, -0.2) is 4.98 Å². The van der Waals surface area contributed by atoms with Gasteiger partial charge in [0.25, 0.3) is 5.91 Å². The molecule has 0 N–H and O–H groups in total. The molecule has 1 aliphatic heterocycles. The minimum absolute atomic E-state index is 0.0428. The monoisotopic (exact) mass is 302 g/mol. The van der Waals surface area contributed by atoms with Crippen molar-refractivity contribution in [1.82, 2.24) is 15.0 Å². The maximum atomic E-state index is 12.2. The zero-order valence-electron chi connectivity index (χ0n) is 12.6. The second kappa shape index (κ2) is 6.05.